The molecule has 3 nitrogen and oxygen atoms in total. The Morgan fingerprint density at radius 2 is 2.11 bits per heavy atom. The fourth-order valence-electron chi connectivity index (χ4n) is 2.72. The zero-order valence-corrected chi connectivity index (χ0v) is 12.4. The van der Waals surface area contributed by atoms with E-state index in [2.05, 4.69) is 41.2 Å². The molecule has 2 heterocycles. The Kier molecular flexibility index (Phi) is 5.64. The largest absolute Gasteiger partial charge is 0.357 e. The van der Waals surface area contributed by atoms with Gasteiger partial charge in [0.1, 0.15) is 5.82 Å². The predicted octanol–water partition coefficient (Wildman–Crippen LogP) is 3.21. The van der Waals surface area contributed by atoms with Crippen molar-refractivity contribution in [2.24, 2.45) is 5.92 Å². The van der Waals surface area contributed by atoms with Gasteiger partial charge in [0.25, 0.3) is 0 Å². The zero-order valence-electron chi connectivity index (χ0n) is 12.4. The van der Waals surface area contributed by atoms with Gasteiger partial charge in [-0.05, 0) is 49.4 Å². The monoisotopic (exact) mass is 261 g/mol. The van der Waals surface area contributed by atoms with Crippen molar-refractivity contribution in [1.29, 1.82) is 0 Å². The maximum atomic E-state index is 4.54. The lowest BCUT2D eigenvalue weighted by molar-refractivity contribution is 0.393. The normalized spacial score (nSPS) is 16.8. The number of nitrogens with one attached hydrogen (secondary N) is 1. The summed E-state index contributed by atoms with van der Waals surface area (Å²) < 4.78 is 0. The molecule has 0 atom stereocenters. The first-order chi connectivity index (χ1) is 9.33. The minimum atomic E-state index is 0.922. The van der Waals surface area contributed by atoms with E-state index in [-0.39, 0.29) is 0 Å². The van der Waals surface area contributed by atoms with Crippen LogP contribution in [0.2, 0.25) is 0 Å². The fourth-order valence-corrected chi connectivity index (χ4v) is 2.72. The maximum absolute atomic E-state index is 4.54. The van der Waals surface area contributed by atoms with Crippen molar-refractivity contribution in [3.8, 4) is 0 Å². The van der Waals surface area contributed by atoms with Crippen LogP contribution in [0.5, 0.6) is 0 Å². The van der Waals surface area contributed by atoms with Gasteiger partial charge in [-0.15, -0.1) is 0 Å². The van der Waals surface area contributed by atoms with Crippen LogP contribution in [0.4, 0.5) is 5.82 Å². The summed E-state index contributed by atoms with van der Waals surface area (Å²) in [6.45, 7) is 8.87. The van der Waals surface area contributed by atoms with Crippen molar-refractivity contribution in [1.82, 2.24) is 10.3 Å². The number of piperidine rings is 1. The number of hydrogen-bond acceptors (Lipinski definition) is 3. The Bertz CT molecular complexity index is 370. The highest BCUT2D eigenvalue weighted by molar-refractivity contribution is 5.41. The fraction of sp³-hybridized carbons (Fsp3) is 0.688. The van der Waals surface area contributed by atoms with Gasteiger partial charge >= 0.3 is 0 Å². The van der Waals surface area contributed by atoms with E-state index in [1.165, 1.54) is 31.2 Å². The summed E-state index contributed by atoms with van der Waals surface area (Å²) in [5.74, 6) is 2.08. The van der Waals surface area contributed by atoms with Gasteiger partial charge in [-0.1, -0.05) is 20.3 Å². The molecular weight excluding hydrogens is 234 g/mol. The van der Waals surface area contributed by atoms with Crippen molar-refractivity contribution in [3.63, 3.8) is 0 Å². The highest BCUT2D eigenvalue weighted by Crippen LogP contribution is 2.24. The molecule has 19 heavy (non-hydrogen) atoms. The minimum absolute atomic E-state index is 0.922. The van der Waals surface area contributed by atoms with E-state index >= 15 is 0 Å². The molecule has 1 saturated heterocycles. The summed E-state index contributed by atoms with van der Waals surface area (Å²) in [5.41, 5.74) is 1.34. The summed E-state index contributed by atoms with van der Waals surface area (Å²) in [5, 5.41) is 3.45. The van der Waals surface area contributed by atoms with Crippen LogP contribution in [0.15, 0.2) is 18.3 Å². The highest BCUT2D eigenvalue weighted by Gasteiger charge is 2.18. The summed E-state index contributed by atoms with van der Waals surface area (Å²) in [7, 11) is 0. The van der Waals surface area contributed by atoms with E-state index in [4.69, 9.17) is 0 Å². The van der Waals surface area contributed by atoms with Gasteiger partial charge in [-0.3, -0.25) is 0 Å². The first-order valence-corrected chi connectivity index (χ1v) is 7.74. The smallest absolute Gasteiger partial charge is 0.128 e. The summed E-state index contributed by atoms with van der Waals surface area (Å²) >= 11 is 0. The molecule has 1 aromatic heterocycles. The Hall–Kier alpha value is -1.09. The summed E-state index contributed by atoms with van der Waals surface area (Å²) in [6.07, 6.45) is 7.09. The number of rotatable bonds is 6. The molecule has 0 aromatic carbocycles. The van der Waals surface area contributed by atoms with Gasteiger partial charge in [0.15, 0.2) is 0 Å². The number of pyridine rings is 1. The zero-order chi connectivity index (χ0) is 13.5. The van der Waals surface area contributed by atoms with Crippen molar-refractivity contribution < 1.29 is 0 Å². The maximum Gasteiger partial charge on any atom is 0.128 e. The topological polar surface area (TPSA) is 28.2 Å². The number of aromatic nitrogens is 1. The van der Waals surface area contributed by atoms with Crippen molar-refractivity contribution in [3.05, 3.63) is 23.9 Å². The molecule has 0 aliphatic carbocycles. The van der Waals surface area contributed by atoms with Crippen molar-refractivity contribution in [2.45, 2.75) is 46.1 Å². The molecule has 0 saturated carbocycles. The van der Waals surface area contributed by atoms with Gasteiger partial charge in [-0.2, -0.15) is 0 Å². The second-order valence-electron chi connectivity index (χ2n) is 5.54. The lowest BCUT2D eigenvalue weighted by atomic mass is 9.94. The molecule has 1 aromatic rings. The lowest BCUT2D eigenvalue weighted by Crippen LogP contribution is -2.34. The Balaban J connectivity index is 1.91. The van der Waals surface area contributed by atoms with Crippen LogP contribution in [-0.2, 0) is 6.54 Å². The highest BCUT2D eigenvalue weighted by atomic mass is 15.2. The third-order valence-electron chi connectivity index (χ3n) is 4.08. The number of nitrogens with zero attached hydrogens (tertiary/aromatic N) is 2. The first-order valence-electron chi connectivity index (χ1n) is 7.74. The Labute approximate surface area is 117 Å². The predicted molar refractivity (Wildman–Crippen MR) is 81.5 cm³/mol. The quantitative estimate of drug-likeness (QED) is 0.797. The van der Waals surface area contributed by atoms with Crippen molar-refractivity contribution in [2.75, 3.05) is 24.5 Å². The molecule has 0 spiro atoms. The third-order valence-corrected chi connectivity index (χ3v) is 4.08. The molecule has 1 fully saturated rings. The van der Waals surface area contributed by atoms with Gasteiger partial charge in [-0.25, -0.2) is 4.98 Å². The van der Waals surface area contributed by atoms with E-state index in [1.54, 1.807) is 0 Å². The number of hydrogen-bond donors (Lipinski definition) is 1. The molecule has 3 heteroatoms. The van der Waals surface area contributed by atoms with Gasteiger partial charge in [0.2, 0.25) is 0 Å². The molecule has 0 bridgehead atoms. The van der Waals surface area contributed by atoms with Crippen LogP contribution >= 0.6 is 0 Å². The minimum Gasteiger partial charge on any atom is -0.357 e. The molecule has 0 amide bonds. The summed E-state index contributed by atoms with van der Waals surface area (Å²) in [4.78, 5) is 6.98. The average Bonchev–Trinajstić information content (AvgIpc) is 2.48. The van der Waals surface area contributed by atoms with Crippen LogP contribution in [0, 0.1) is 5.92 Å². The van der Waals surface area contributed by atoms with E-state index in [0.29, 0.717) is 0 Å². The molecule has 0 radical (unpaired) electrons. The van der Waals surface area contributed by atoms with Crippen LogP contribution in [-0.4, -0.2) is 24.6 Å². The van der Waals surface area contributed by atoms with Gasteiger partial charge < -0.3 is 10.2 Å². The van der Waals surface area contributed by atoms with Crippen LogP contribution in [0.3, 0.4) is 0 Å². The summed E-state index contributed by atoms with van der Waals surface area (Å²) in [6, 6.07) is 4.36. The SMILES string of the molecule is CCCNCc1ccnc(N2CCC(CC)CC2)c1. The standard InChI is InChI=1S/C16H27N3/c1-3-8-17-13-15-5-9-18-16(12-15)19-10-6-14(4-2)7-11-19/h5,9,12,14,17H,3-4,6-8,10-11,13H2,1-2H3. The lowest BCUT2D eigenvalue weighted by Gasteiger charge is -2.32. The van der Waals surface area contributed by atoms with E-state index in [9.17, 15) is 0 Å². The van der Waals surface area contributed by atoms with Gasteiger partial charge in [0, 0.05) is 25.8 Å². The molecule has 1 N–H and O–H groups in total. The molecule has 106 valence electrons. The molecule has 1 aliphatic heterocycles. The van der Waals surface area contributed by atoms with Crippen LogP contribution < -0.4 is 10.2 Å². The molecule has 1 aliphatic rings. The van der Waals surface area contributed by atoms with Crippen LogP contribution in [0.1, 0.15) is 45.1 Å². The molecular formula is C16H27N3. The van der Waals surface area contributed by atoms with E-state index in [0.717, 1.165) is 37.9 Å². The van der Waals surface area contributed by atoms with E-state index < -0.39 is 0 Å². The third kappa shape index (κ3) is 4.20. The van der Waals surface area contributed by atoms with Crippen LogP contribution in [0.25, 0.3) is 0 Å². The molecule has 2 rings (SSSR count). The number of anilines is 1. The second-order valence-corrected chi connectivity index (χ2v) is 5.54. The average molecular weight is 261 g/mol. The Morgan fingerprint density at radius 3 is 2.79 bits per heavy atom. The molecule has 0 unspecified atom stereocenters. The second kappa shape index (κ2) is 7.49. The Morgan fingerprint density at radius 1 is 1.32 bits per heavy atom. The first kappa shape index (κ1) is 14.3. The van der Waals surface area contributed by atoms with Crippen molar-refractivity contribution >= 4 is 5.82 Å². The van der Waals surface area contributed by atoms with E-state index in [1.807, 2.05) is 6.20 Å². The van der Waals surface area contributed by atoms with Gasteiger partial charge in [0.05, 0.1) is 0 Å².